The largest absolute Gasteiger partial charge is 0.381 e. The van der Waals surface area contributed by atoms with Crippen molar-refractivity contribution in [2.24, 2.45) is 0 Å². The van der Waals surface area contributed by atoms with Gasteiger partial charge in [0.25, 0.3) is 10.0 Å². The first-order valence-electron chi connectivity index (χ1n) is 8.25. The van der Waals surface area contributed by atoms with Gasteiger partial charge in [0.15, 0.2) is 0 Å². The van der Waals surface area contributed by atoms with E-state index in [-0.39, 0.29) is 9.92 Å². The highest BCUT2D eigenvalue weighted by Crippen LogP contribution is 2.28. The van der Waals surface area contributed by atoms with E-state index in [4.69, 9.17) is 27.9 Å². The van der Waals surface area contributed by atoms with Crippen LogP contribution in [0.1, 0.15) is 12.8 Å². The van der Waals surface area contributed by atoms with E-state index in [9.17, 15) is 8.42 Å². The number of piperidine rings is 1. The zero-order valence-corrected chi connectivity index (χ0v) is 16.6. The smallest absolute Gasteiger partial charge is 0.263 e. The molecule has 0 spiro atoms. The molecule has 3 rings (SSSR count). The van der Waals surface area contributed by atoms with E-state index < -0.39 is 10.0 Å². The Morgan fingerprint density at radius 3 is 2.35 bits per heavy atom. The van der Waals surface area contributed by atoms with E-state index in [0.717, 1.165) is 31.6 Å². The molecular weight excluding hydrogens is 395 g/mol. The Morgan fingerprint density at radius 1 is 1.08 bits per heavy atom. The SMILES string of the molecule is COC1CCN(c2ccc(NS(=O)(=O)c3cc(Cl)ccc3Cl)cc2)CC1. The number of hydrogen-bond donors (Lipinski definition) is 1. The van der Waals surface area contributed by atoms with Crippen molar-refractivity contribution < 1.29 is 13.2 Å². The molecule has 5 nitrogen and oxygen atoms in total. The van der Waals surface area contributed by atoms with E-state index in [1.165, 1.54) is 12.1 Å². The van der Waals surface area contributed by atoms with Gasteiger partial charge < -0.3 is 9.64 Å². The van der Waals surface area contributed by atoms with E-state index in [1.807, 2.05) is 12.1 Å². The minimum Gasteiger partial charge on any atom is -0.381 e. The van der Waals surface area contributed by atoms with Crippen LogP contribution in [0.25, 0.3) is 0 Å². The molecule has 0 atom stereocenters. The molecule has 2 aromatic carbocycles. The molecule has 0 aliphatic carbocycles. The molecule has 0 aromatic heterocycles. The summed E-state index contributed by atoms with van der Waals surface area (Å²) >= 11 is 11.9. The number of rotatable bonds is 5. The number of sulfonamides is 1. The lowest BCUT2D eigenvalue weighted by Crippen LogP contribution is -2.36. The summed E-state index contributed by atoms with van der Waals surface area (Å²) < 4.78 is 33.0. The van der Waals surface area contributed by atoms with Crippen LogP contribution in [0.5, 0.6) is 0 Å². The zero-order valence-electron chi connectivity index (χ0n) is 14.3. The fourth-order valence-electron chi connectivity index (χ4n) is 2.98. The molecule has 0 amide bonds. The summed E-state index contributed by atoms with van der Waals surface area (Å²) in [7, 11) is -2.07. The van der Waals surface area contributed by atoms with Gasteiger partial charge in [-0.1, -0.05) is 23.2 Å². The van der Waals surface area contributed by atoms with E-state index >= 15 is 0 Å². The topological polar surface area (TPSA) is 58.6 Å². The van der Waals surface area contributed by atoms with Crippen molar-refractivity contribution in [3.63, 3.8) is 0 Å². The van der Waals surface area contributed by atoms with E-state index in [1.54, 1.807) is 25.3 Å². The predicted molar refractivity (Wildman–Crippen MR) is 106 cm³/mol. The number of anilines is 2. The summed E-state index contributed by atoms with van der Waals surface area (Å²) in [5.74, 6) is 0. The maximum Gasteiger partial charge on any atom is 0.263 e. The third kappa shape index (κ3) is 4.43. The van der Waals surface area contributed by atoms with Gasteiger partial charge in [0, 0.05) is 36.6 Å². The van der Waals surface area contributed by atoms with Gasteiger partial charge in [0.2, 0.25) is 0 Å². The second-order valence-corrected chi connectivity index (χ2v) is 8.64. The molecule has 8 heteroatoms. The summed E-state index contributed by atoms with van der Waals surface area (Å²) in [6.45, 7) is 1.84. The second kappa shape index (κ2) is 8.05. The molecule has 1 heterocycles. The van der Waals surface area contributed by atoms with Crippen molar-refractivity contribution in [3.8, 4) is 0 Å². The second-order valence-electron chi connectivity index (χ2n) is 6.15. The lowest BCUT2D eigenvalue weighted by Gasteiger charge is -2.33. The van der Waals surface area contributed by atoms with Gasteiger partial charge in [-0.05, 0) is 55.3 Å². The average Bonchev–Trinajstić information content (AvgIpc) is 2.64. The molecule has 0 bridgehead atoms. The number of nitrogens with one attached hydrogen (secondary N) is 1. The van der Waals surface area contributed by atoms with Crippen LogP contribution in [0.2, 0.25) is 10.0 Å². The van der Waals surface area contributed by atoms with E-state index in [0.29, 0.717) is 16.8 Å². The van der Waals surface area contributed by atoms with Crippen LogP contribution in [0.4, 0.5) is 11.4 Å². The third-order valence-electron chi connectivity index (χ3n) is 4.44. The zero-order chi connectivity index (χ0) is 18.7. The molecule has 0 saturated carbocycles. The van der Waals surface area contributed by atoms with Gasteiger partial charge in [-0.25, -0.2) is 8.42 Å². The van der Waals surface area contributed by atoms with Crippen LogP contribution >= 0.6 is 23.2 Å². The number of hydrogen-bond acceptors (Lipinski definition) is 4. The van der Waals surface area contributed by atoms with Crippen LogP contribution < -0.4 is 9.62 Å². The molecule has 1 aliphatic heterocycles. The van der Waals surface area contributed by atoms with Crippen LogP contribution in [-0.2, 0) is 14.8 Å². The quantitative estimate of drug-likeness (QED) is 0.786. The Hall–Kier alpha value is -1.47. The first-order valence-corrected chi connectivity index (χ1v) is 10.5. The minimum atomic E-state index is -3.81. The van der Waals surface area contributed by atoms with Crippen LogP contribution in [0.3, 0.4) is 0 Å². The molecule has 2 aromatic rings. The summed E-state index contributed by atoms with van der Waals surface area (Å²) in [5.41, 5.74) is 1.53. The molecule has 0 unspecified atom stereocenters. The van der Waals surface area contributed by atoms with Gasteiger partial charge in [0.05, 0.1) is 11.1 Å². The normalized spacial score (nSPS) is 15.9. The molecule has 1 aliphatic rings. The monoisotopic (exact) mass is 414 g/mol. The van der Waals surface area contributed by atoms with Crippen molar-refractivity contribution in [1.82, 2.24) is 0 Å². The lowest BCUT2D eigenvalue weighted by molar-refractivity contribution is 0.0819. The number of halogens is 2. The molecule has 0 radical (unpaired) electrons. The maximum atomic E-state index is 12.6. The van der Waals surface area contributed by atoms with Crippen molar-refractivity contribution in [2.45, 2.75) is 23.8 Å². The summed E-state index contributed by atoms with van der Waals surface area (Å²) in [4.78, 5) is 2.22. The number of nitrogens with zero attached hydrogens (tertiary/aromatic N) is 1. The van der Waals surface area contributed by atoms with Gasteiger partial charge in [-0.15, -0.1) is 0 Å². The summed E-state index contributed by atoms with van der Waals surface area (Å²) in [5, 5.41) is 0.434. The van der Waals surface area contributed by atoms with Crippen molar-refractivity contribution in [1.29, 1.82) is 0 Å². The molecule has 1 saturated heterocycles. The van der Waals surface area contributed by atoms with E-state index in [2.05, 4.69) is 9.62 Å². The predicted octanol–water partition coefficient (Wildman–Crippen LogP) is 4.41. The van der Waals surface area contributed by atoms with Gasteiger partial charge >= 0.3 is 0 Å². The van der Waals surface area contributed by atoms with Crippen LogP contribution in [0, 0.1) is 0 Å². The Labute approximate surface area is 163 Å². The lowest BCUT2D eigenvalue weighted by atomic mass is 10.1. The highest BCUT2D eigenvalue weighted by molar-refractivity contribution is 7.92. The minimum absolute atomic E-state index is 0.0441. The number of methoxy groups -OCH3 is 1. The summed E-state index contributed by atoms with van der Waals surface area (Å²) in [6.07, 6.45) is 2.29. The Bertz CT molecular complexity index is 865. The van der Waals surface area contributed by atoms with Crippen molar-refractivity contribution >= 4 is 44.6 Å². The number of ether oxygens (including phenoxy) is 1. The standard InChI is InChI=1S/C18H20Cl2N2O3S/c1-25-16-8-10-22(11-9-16)15-5-3-14(4-6-15)21-26(23,24)18-12-13(19)2-7-17(18)20/h2-7,12,16,21H,8-11H2,1H3. The fraction of sp³-hybridized carbons (Fsp3) is 0.333. The van der Waals surface area contributed by atoms with Crippen LogP contribution in [-0.4, -0.2) is 34.7 Å². The Morgan fingerprint density at radius 2 is 1.73 bits per heavy atom. The van der Waals surface area contributed by atoms with Gasteiger partial charge in [-0.3, -0.25) is 4.72 Å². The van der Waals surface area contributed by atoms with Crippen molar-refractivity contribution in [3.05, 3.63) is 52.5 Å². The highest BCUT2D eigenvalue weighted by Gasteiger charge is 2.20. The molecule has 1 N–H and O–H groups in total. The van der Waals surface area contributed by atoms with Crippen molar-refractivity contribution in [2.75, 3.05) is 29.8 Å². The number of benzene rings is 2. The summed E-state index contributed by atoms with van der Waals surface area (Å²) in [6, 6.07) is 11.6. The average molecular weight is 415 g/mol. The first kappa shape index (κ1) is 19.3. The first-order chi connectivity index (χ1) is 12.4. The highest BCUT2D eigenvalue weighted by atomic mass is 35.5. The molecule has 140 valence electrons. The molecule has 1 fully saturated rings. The fourth-order valence-corrected chi connectivity index (χ4v) is 4.81. The Kier molecular flexibility index (Phi) is 5.97. The third-order valence-corrected chi connectivity index (χ3v) is 6.54. The Balaban J connectivity index is 1.72. The maximum absolute atomic E-state index is 12.6. The molecule has 26 heavy (non-hydrogen) atoms. The molecular formula is C18H20Cl2N2O3S. The van der Waals surface area contributed by atoms with Gasteiger partial charge in [-0.2, -0.15) is 0 Å². The van der Waals surface area contributed by atoms with Crippen LogP contribution in [0.15, 0.2) is 47.4 Å². The van der Waals surface area contributed by atoms with Gasteiger partial charge in [0.1, 0.15) is 4.90 Å².